The molecule has 2 heterocycles. The van der Waals surface area contributed by atoms with E-state index in [4.69, 9.17) is 0 Å². The average molecular weight is 261 g/mol. The standard InChI is InChI=1S/C11H21BrN2/c12-5-1-2-6-13-8-9-14-7-3-4-11(14)10-13/h11H,1-10H2. The van der Waals surface area contributed by atoms with Gasteiger partial charge in [0.2, 0.25) is 0 Å². The molecule has 2 nitrogen and oxygen atoms in total. The summed E-state index contributed by atoms with van der Waals surface area (Å²) in [5, 5.41) is 1.16. The summed E-state index contributed by atoms with van der Waals surface area (Å²) in [5.41, 5.74) is 0. The van der Waals surface area contributed by atoms with E-state index in [1.54, 1.807) is 0 Å². The van der Waals surface area contributed by atoms with Crippen molar-refractivity contribution in [2.45, 2.75) is 31.7 Å². The van der Waals surface area contributed by atoms with Gasteiger partial charge in [0.05, 0.1) is 0 Å². The van der Waals surface area contributed by atoms with Crippen LogP contribution in [0.25, 0.3) is 0 Å². The van der Waals surface area contributed by atoms with Crippen LogP contribution in [0.3, 0.4) is 0 Å². The molecule has 0 saturated carbocycles. The summed E-state index contributed by atoms with van der Waals surface area (Å²) in [6.07, 6.45) is 5.55. The molecule has 0 aliphatic carbocycles. The Bertz CT molecular complexity index is 175. The van der Waals surface area contributed by atoms with E-state index < -0.39 is 0 Å². The summed E-state index contributed by atoms with van der Waals surface area (Å²) >= 11 is 3.49. The van der Waals surface area contributed by atoms with Crippen LogP contribution in [-0.2, 0) is 0 Å². The number of hydrogen-bond acceptors (Lipinski definition) is 2. The molecular formula is C11H21BrN2. The molecule has 1 atom stereocenters. The van der Waals surface area contributed by atoms with E-state index >= 15 is 0 Å². The van der Waals surface area contributed by atoms with Gasteiger partial charge in [-0.2, -0.15) is 0 Å². The Morgan fingerprint density at radius 1 is 1.14 bits per heavy atom. The molecule has 3 heteroatoms. The average Bonchev–Trinajstić information content (AvgIpc) is 2.65. The maximum absolute atomic E-state index is 3.49. The lowest BCUT2D eigenvalue weighted by Gasteiger charge is -2.37. The lowest BCUT2D eigenvalue weighted by Crippen LogP contribution is -2.50. The molecule has 14 heavy (non-hydrogen) atoms. The number of alkyl halides is 1. The largest absolute Gasteiger partial charge is 0.301 e. The first-order valence-corrected chi connectivity index (χ1v) is 7.04. The molecule has 0 radical (unpaired) electrons. The van der Waals surface area contributed by atoms with Gasteiger partial charge in [-0.25, -0.2) is 0 Å². The van der Waals surface area contributed by atoms with Crippen molar-refractivity contribution >= 4 is 15.9 Å². The molecule has 0 bridgehead atoms. The molecule has 0 N–H and O–H groups in total. The number of fused-ring (bicyclic) bond motifs is 1. The van der Waals surface area contributed by atoms with Gasteiger partial charge in [0, 0.05) is 31.0 Å². The van der Waals surface area contributed by atoms with Crippen LogP contribution in [0.5, 0.6) is 0 Å². The lowest BCUT2D eigenvalue weighted by atomic mass is 10.1. The molecule has 2 fully saturated rings. The smallest absolute Gasteiger partial charge is 0.0224 e. The van der Waals surface area contributed by atoms with Crippen LogP contribution in [0.2, 0.25) is 0 Å². The molecule has 2 saturated heterocycles. The van der Waals surface area contributed by atoms with Crippen molar-refractivity contribution in [3.63, 3.8) is 0 Å². The van der Waals surface area contributed by atoms with Crippen molar-refractivity contribution in [1.29, 1.82) is 0 Å². The fraction of sp³-hybridized carbons (Fsp3) is 1.00. The van der Waals surface area contributed by atoms with Crippen LogP contribution in [0, 0.1) is 0 Å². The molecular weight excluding hydrogens is 240 g/mol. The van der Waals surface area contributed by atoms with Crippen molar-refractivity contribution in [2.75, 3.05) is 38.1 Å². The normalized spacial score (nSPS) is 29.4. The summed E-state index contributed by atoms with van der Waals surface area (Å²) in [6, 6.07) is 0.896. The summed E-state index contributed by atoms with van der Waals surface area (Å²) < 4.78 is 0. The molecule has 0 aromatic heterocycles. The SMILES string of the molecule is BrCCCCN1CCN2CCCC2C1. The van der Waals surface area contributed by atoms with Gasteiger partial charge >= 0.3 is 0 Å². The van der Waals surface area contributed by atoms with Gasteiger partial charge in [-0.3, -0.25) is 4.90 Å². The van der Waals surface area contributed by atoms with E-state index in [2.05, 4.69) is 25.7 Å². The Kier molecular flexibility index (Phi) is 4.26. The molecule has 82 valence electrons. The molecule has 0 aromatic carbocycles. The zero-order valence-corrected chi connectivity index (χ0v) is 10.5. The van der Waals surface area contributed by atoms with Crippen LogP contribution in [0.4, 0.5) is 0 Å². The second kappa shape index (κ2) is 5.47. The van der Waals surface area contributed by atoms with E-state index in [1.165, 1.54) is 58.4 Å². The van der Waals surface area contributed by atoms with Gasteiger partial charge in [-0.15, -0.1) is 0 Å². The van der Waals surface area contributed by atoms with Crippen molar-refractivity contribution in [1.82, 2.24) is 9.80 Å². The van der Waals surface area contributed by atoms with Gasteiger partial charge in [0.1, 0.15) is 0 Å². The highest BCUT2D eigenvalue weighted by molar-refractivity contribution is 9.09. The number of hydrogen-bond donors (Lipinski definition) is 0. The van der Waals surface area contributed by atoms with E-state index in [0.29, 0.717) is 0 Å². The van der Waals surface area contributed by atoms with Crippen LogP contribution in [0.15, 0.2) is 0 Å². The van der Waals surface area contributed by atoms with E-state index in [9.17, 15) is 0 Å². The fourth-order valence-corrected chi connectivity index (χ4v) is 3.08. The van der Waals surface area contributed by atoms with E-state index in [-0.39, 0.29) is 0 Å². The van der Waals surface area contributed by atoms with Crippen molar-refractivity contribution < 1.29 is 0 Å². The second-order valence-electron chi connectivity index (χ2n) is 4.53. The van der Waals surface area contributed by atoms with Gasteiger partial charge in [-0.05, 0) is 38.8 Å². The van der Waals surface area contributed by atoms with Gasteiger partial charge < -0.3 is 4.90 Å². The minimum atomic E-state index is 0.896. The maximum atomic E-state index is 3.49. The molecule has 2 rings (SSSR count). The first-order valence-electron chi connectivity index (χ1n) is 5.92. The van der Waals surface area contributed by atoms with Crippen LogP contribution >= 0.6 is 15.9 Å². The van der Waals surface area contributed by atoms with E-state index in [0.717, 1.165) is 11.4 Å². The summed E-state index contributed by atoms with van der Waals surface area (Å²) in [4.78, 5) is 5.34. The van der Waals surface area contributed by atoms with Crippen molar-refractivity contribution in [3.8, 4) is 0 Å². The predicted molar refractivity (Wildman–Crippen MR) is 64.1 cm³/mol. The maximum Gasteiger partial charge on any atom is 0.0224 e. The van der Waals surface area contributed by atoms with Gasteiger partial charge in [-0.1, -0.05) is 15.9 Å². The Morgan fingerprint density at radius 3 is 2.93 bits per heavy atom. The molecule has 0 aromatic rings. The van der Waals surface area contributed by atoms with Crippen LogP contribution < -0.4 is 0 Å². The Balaban J connectivity index is 1.69. The number of rotatable bonds is 4. The van der Waals surface area contributed by atoms with E-state index in [1.807, 2.05) is 0 Å². The van der Waals surface area contributed by atoms with Crippen LogP contribution in [0.1, 0.15) is 25.7 Å². The zero-order valence-electron chi connectivity index (χ0n) is 8.92. The molecule has 0 spiro atoms. The lowest BCUT2D eigenvalue weighted by molar-refractivity contribution is 0.104. The minimum Gasteiger partial charge on any atom is -0.301 e. The topological polar surface area (TPSA) is 6.48 Å². The highest BCUT2D eigenvalue weighted by Crippen LogP contribution is 2.21. The van der Waals surface area contributed by atoms with Gasteiger partial charge in [0.15, 0.2) is 0 Å². The quantitative estimate of drug-likeness (QED) is 0.563. The Hall–Kier alpha value is 0.400. The van der Waals surface area contributed by atoms with Crippen molar-refractivity contribution in [3.05, 3.63) is 0 Å². The first kappa shape index (κ1) is 10.9. The third-order valence-corrected chi connectivity index (χ3v) is 4.09. The number of halogens is 1. The molecule has 2 aliphatic heterocycles. The number of piperazine rings is 1. The van der Waals surface area contributed by atoms with Crippen LogP contribution in [-0.4, -0.2) is 53.9 Å². The summed E-state index contributed by atoms with van der Waals surface area (Å²) in [6.45, 7) is 6.63. The van der Waals surface area contributed by atoms with Crippen molar-refractivity contribution in [2.24, 2.45) is 0 Å². The van der Waals surface area contributed by atoms with Gasteiger partial charge in [0.25, 0.3) is 0 Å². The molecule has 0 amide bonds. The third-order valence-electron chi connectivity index (χ3n) is 3.53. The fourth-order valence-electron chi connectivity index (χ4n) is 2.69. The summed E-state index contributed by atoms with van der Waals surface area (Å²) in [7, 11) is 0. The number of nitrogens with zero attached hydrogens (tertiary/aromatic N) is 2. The monoisotopic (exact) mass is 260 g/mol. The zero-order chi connectivity index (χ0) is 9.80. The summed E-state index contributed by atoms with van der Waals surface area (Å²) in [5.74, 6) is 0. The third kappa shape index (κ3) is 2.71. The molecule has 2 aliphatic rings. The predicted octanol–water partition coefficient (Wildman–Crippen LogP) is 1.94. The minimum absolute atomic E-state index is 0.896. The molecule has 1 unspecified atom stereocenters. The first-order chi connectivity index (χ1) is 6.90. The Labute approximate surface area is 95.8 Å². The number of unbranched alkanes of at least 4 members (excludes halogenated alkanes) is 1. The second-order valence-corrected chi connectivity index (χ2v) is 5.32. The highest BCUT2D eigenvalue weighted by atomic mass is 79.9. The Morgan fingerprint density at radius 2 is 2.07 bits per heavy atom. The highest BCUT2D eigenvalue weighted by Gasteiger charge is 2.29.